The highest BCUT2D eigenvalue weighted by molar-refractivity contribution is 7.89. The molecule has 0 aromatic heterocycles. The molecule has 1 aliphatic rings. The highest BCUT2D eigenvalue weighted by Crippen LogP contribution is 2.31. The van der Waals surface area contributed by atoms with E-state index in [4.69, 9.17) is 4.74 Å². The monoisotopic (exact) mass is 378 g/mol. The van der Waals surface area contributed by atoms with Crippen molar-refractivity contribution in [2.24, 2.45) is 0 Å². The number of halogens is 1. The molecule has 0 unspecified atom stereocenters. The number of hydrogen-bond acceptors (Lipinski definition) is 4. The second kappa shape index (κ2) is 7.43. The highest BCUT2D eigenvalue weighted by Gasteiger charge is 2.25. The Labute approximate surface area is 151 Å². The highest BCUT2D eigenvalue weighted by atomic mass is 32.2. The van der Waals surface area contributed by atoms with Crippen molar-refractivity contribution in [1.29, 1.82) is 0 Å². The lowest BCUT2D eigenvalue weighted by Crippen LogP contribution is -2.34. The molecule has 2 aromatic carbocycles. The molecule has 1 aliphatic heterocycles. The summed E-state index contributed by atoms with van der Waals surface area (Å²) in [5, 5.41) is 2.65. The zero-order valence-corrected chi connectivity index (χ0v) is 15.0. The number of carbonyl (C=O) groups excluding carboxylic acids is 1. The van der Waals surface area contributed by atoms with Gasteiger partial charge < -0.3 is 10.1 Å². The fourth-order valence-electron chi connectivity index (χ4n) is 2.62. The van der Waals surface area contributed by atoms with Crippen molar-refractivity contribution in [3.63, 3.8) is 0 Å². The molecule has 1 atom stereocenters. The minimum Gasteiger partial charge on any atom is -0.479 e. The summed E-state index contributed by atoms with van der Waals surface area (Å²) in [5.74, 6) is -0.260. The Balaban J connectivity index is 1.63. The van der Waals surface area contributed by atoms with Gasteiger partial charge >= 0.3 is 0 Å². The molecule has 8 heteroatoms. The smallest absolute Gasteiger partial charge is 0.265 e. The van der Waals surface area contributed by atoms with Crippen molar-refractivity contribution in [3.05, 3.63) is 53.8 Å². The molecule has 3 rings (SSSR count). The molecule has 1 heterocycles. The average Bonchev–Trinajstić information content (AvgIpc) is 2.60. The first kappa shape index (κ1) is 18.3. The number of aryl methyl sites for hydroxylation is 1. The van der Waals surface area contributed by atoms with Crippen molar-refractivity contribution >= 4 is 21.6 Å². The third-order valence-corrected chi connectivity index (χ3v) is 5.53. The number of carbonyl (C=O) groups is 1. The Bertz CT molecular complexity index is 931. The van der Waals surface area contributed by atoms with Crippen molar-refractivity contribution in [2.75, 3.05) is 11.9 Å². The lowest BCUT2D eigenvalue weighted by Gasteiger charge is -2.23. The summed E-state index contributed by atoms with van der Waals surface area (Å²) in [6.45, 7) is 1.77. The number of anilines is 1. The van der Waals surface area contributed by atoms with Gasteiger partial charge in [0.15, 0.2) is 6.10 Å². The predicted octanol–water partition coefficient (Wildman–Crippen LogP) is 2.46. The number of ether oxygens (including phenoxy) is 1. The van der Waals surface area contributed by atoms with Crippen LogP contribution in [-0.4, -0.2) is 27.0 Å². The van der Waals surface area contributed by atoms with Gasteiger partial charge in [0.25, 0.3) is 5.91 Å². The SMILES string of the molecule is C[C@@H]1Oc2cc(S(=O)(=O)NCCCc3ccccc3F)ccc2NC1=O. The van der Waals surface area contributed by atoms with Gasteiger partial charge in [-0.2, -0.15) is 0 Å². The van der Waals surface area contributed by atoms with Crippen LogP contribution in [0.25, 0.3) is 0 Å². The van der Waals surface area contributed by atoms with Crippen LogP contribution in [0.4, 0.5) is 10.1 Å². The Morgan fingerprint density at radius 1 is 1.23 bits per heavy atom. The van der Waals surface area contributed by atoms with Gasteiger partial charge in [-0.3, -0.25) is 4.79 Å². The quantitative estimate of drug-likeness (QED) is 0.757. The second-order valence-corrected chi connectivity index (χ2v) is 7.77. The average molecular weight is 378 g/mol. The summed E-state index contributed by atoms with van der Waals surface area (Å²) >= 11 is 0. The Morgan fingerprint density at radius 3 is 2.77 bits per heavy atom. The Hall–Kier alpha value is -2.45. The zero-order valence-electron chi connectivity index (χ0n) is 14.2. The number of benzene rings is 2. The molecule has 0 radical (unpaired) electrons. The fraction of sp³-hybridized carbons (Fsp3) is 0.278. The van der Waals surface area contributed by atoms with E-state index in [0.717, 1.165) is 0 Å². The van der Waals surface area contributed by atoms with Gasteiger partial charge in [-0.05, 0) is 43.5 Å². The van der Waals surface area contributed by atoms with Gasteiger partial charge in [-0.25, -0.2) is 17.5 Å². The normalized spacial score (nSPS) is 16.5. The molecule has 0 saturated carbocycles. The first-order valence-electron chi connectivity index (χ1n) is 8.21. The molecule has 0 fully saturated rings. The first-order valence-corrected chi connectivity index (χ1v) is 9.70. The summed E-state index contributed by atoms with van der Waals surface area (Å²) in [7, 11) is -3.73. The molecule has 6 nitrogen and oxygen atoms in total. The van der Waals surface area contributed by atoms with Crippen LogP contribution in [0, 0.1) is 5.82 Å². The van der Waals surface area contributed by atoms with Crippen molar-refractivity contribution < 1.29 is 22.3 Å². The van der Waals surface area contributed by atoms with Crippen molar-refractivity contribution in [2.45, 2.75) is 30.8 Å². The van der Waals surface area contributed by atoms with E-state index in [-0.39, 0.29) is 23.2 Å². The van der Waals surface area contributed by atoms with Crippen LogP contribution >= 0.6 is 0 Å². The van der Waals surface area contributed by atoms with Gasteiger partial charge in [0.2, 0.25) is 10.0 Å². The zero-order chi connectivity index (χ0) is 18.7. The number of rotatable bonds is 6. The van der Waals surface area contributed by atoms with Crippen LogP contribution < -0.4 is 14.8 Å². The maximum Gasteiger partial charge on any atom is 0.265 e. The molecule has 0 aliphatic carbocycles. The largest absolute Gasteiger partial charge is 0.479 e. The fourth-order valence-corrected chi connectivity index (χ4v) is 3.71. The van der Waals surface area contributed by atoms with Crippen LogP contribution in [0.3, 0.4) is 0 Å². The van der Waals surface area contributed by atoms with Crippen LogP contribution in [-0.2, 0) is 21.2 Å². The lowest BCUT2D eigenvalue weighted by atomic mass is 10.1. The molecular formula is C18H19FN2O4S. The minimum atomic E-state index is -3.73. The van der Waals surface area contributed by atoms with E-state index in [2.05, 4.69) is 10.0 Å². The van der Waals surface area contributed by atoms with Crippen LogP contribution in [0.1, 0.15) is 18.9 Å². The number of amides is 1. The lowest BCUT2D eigenvalue weighted by molar-refractivity contribution is -0.122. The van der Waals surface area contributed by atoms with Gasteiger partial charge in [0.05, 0.1) is 10.6 Å². The van der Waals surface area contributed by atoms with Crippen LogP contribution in [0.5, 0.6) is 5.75 Å². The summed E-state index contributed by atoms with van der Waals surface area (Å²) in [5.41, 5.74) is 0.991. The molecule has 2 aromatic rings. The third-order valence-electron chi connectivity index (χ3n) is 4.07. The molecule has 26 heavy (non-hydrogen) atoms. The van der Waals surface area contributed by atoms with Crippen molar-refractivity contribution in [1.82, 2.24) is 4.72 Å². The van der Waals surface area contributed by atoms with Gasteiger partial charge in [-0.1, -0.05) is 18.2 Å². The van der Waals surface area contributed by atoms with E-state index in [1.165, 1.54) is 24.3 Å². The van der Waals surface area contributed by atoms with Gasteiger partial charge in [-0.15, -0.1) is 0 Å². The summed E-state index contributed by atoms with van der Waals surface area (Å²) < 4.78 is 46.3. The topological polar surface area (TPSA) is 84.5 Å². The minimum absolute atomic E-state index is 0.0468. The number of sulfonamides is 1. The molecule has 0 saturated heterocycles. The maximum atomic E-state index is 13.6. The summed E-state index contributed by atoms with van der Waals surface area (Å²) in [6, 6.07) is 10.7. The summed E-state index contributed by atoms with van der Waals surface area (Å²) in [4.78, 5) is 11.6. The molecule has 0 bridgehead atoms. The van der Waals surface area contributed by atoms with E-state index in [0.29, 0.717) is 29.8 Å². The molecular weight excluding hydrogens is 359 g/mol. The van der Waals surface area contributed by atoms with Gasteiger partial charge in [0, 0.05) is 12.6 Å². The van der Waals surface area contributed by atoms with Crippen LogP contribution in [0.15, 0.2) is 47.4 Å². The summed E-state index contributed by atoms with van der Waals surface area (Å²) in [6.07, 6.45) is 0.218. The third kappa shape index (κ3) is 4.03. The Morgan fingerprint density at radius 2 is 2.00 bits per heavy atom. The second-order valence-electron chi connectivity index (χ2n) is 6.00. The van der Waals surface area contributed by atoms with E-state index in [9.17, 15) is 17.6 Å². The predicted molar refractivity (Wildman–Crippen MR) is 95.1 cm³/mol. The molecule has 2 N–H and O–H groups in total. The van der Waals surface area contributed by atoms with Crippen molar-refractivity contribution in [3.8, 4) is 5.75 Å². The maximum absolute atomic E-state index is 13.6. The number of fused-ring (bicyclic) bond motifs is 1. The number of hydrogen-bond donors (Lipinski definition) is 2. The van der Waals surface area contributed by atoms with Gasteiger partial charge in [0.1, 0.15) is 11.6 Å². The van der Waals surface area contributed by atoms with Crippen LogP contribution in [0.2, 0.25) is 0 Å². The van der Waals surface area contributed by atoms with E-state index in [1.54, 1.807) is 25.1 Å². The standard InChI is InChI=1S/C18H19FN2O4S/c1-12-18(22)21-16-9-8-14(11-17(16)25-12)26(23,24)20-10-4-6-13-5-2-3-7-15(13)19/h2-3,5,7-9,11-12,20H,4,6,10H2,1H3,(H,21,22)/t12-/m0/s1. The molecule has 138 valence electrons. The first-order chi connectivity index (χ1) is 12.4. The molecule has 0 spiro atoms. The molecule has 1 amide bonds. The van der Waals surface area contributed by atoms with E-state index < -0.39 is 16.1 Å². The van der Waals surface area contributed by atoms with E-state index >= 15 is 0 Å². The van der Waals surface area contributed by atoms with E-state index in [1.807, 2.05) is 0 Å². The Kier molecular flexibility index (Phi) is 5.24. The number of nitrogens with one attached hydrogen (secondary N) is 2.